The molecule has 2 saturated heterocycles. The summed E-state index contributed by atoms with van der Waals surface area (Å²) < 4.78 is 28.0. The second-order valence-electron chi connectivity index (χ2n) is 7.52. The van der Waals surface area contributed by atoms with E-state index in [0.717, 1.165) is 51.9 Å². The smallest absolute Gasteiger partial charge is 0.253 e. The lowest BCUT2D eigenvalue weighted by Crippen LogP contribution is -2.33. The van der Waals surface area contributed by atoms with Crippen molar-refractivity contribution < 1.29 is 13.2 Å². The topological polar surface area (TPSA) is 78.5 Å². The molecule has 2 atom stereocenters. The number of rotatable bonds is 4. The van der Waals surface area contributed by atoms with Gasteiger partial charge in [0.25, 0.3) is 5.91 Å². The summed E-state index contributed by atoms with van der Waals surface area (Å²) in [4.78, 5) is 14.8. The van der Waals surface area contributed by atoms with Gasteiger partial charge in [0.1, 0.15) is 0 Å². The van der Waals surface area contributed by atoms with Crippen LogP contribution in [0.25, 0.3) is 0 Å². The van der Waals surface area contributed by atoms with Crippen LogP contribution < -0.4 is 10.0 Å². The van der Waals surface area contributed by atoms with Gasteiger partial charge in [0, 0.05) is 37.8 Å². The summed E-state index contributed by atoms with van der Waals surface area (Å²) in [5.41, 5.74) is 0.460. The molecule has 1 saturated carbocycles. The predicted octanol–water partition coefficient (Wildman–Crippen LogP) is 1.20. The molecule has 0 unspecified atom stereocenters. The normalized spacial score (nSPS) is 27.0. The first-order chi connectivity index (χ1) is 12.0. The molecule has 25 heavy (non-hydrogen) atoms. The molecule has 1 amide bonds. The molecular formula is C18H25N3O3S. The third kappa shape index (κ3) is 3.45. The summed E-state index contributed by atoms with van der Waals surface area (Å²) in [6, 6.07) is 6.48. The molecule has 2 N–H and O–H groups in total. The van der Waals surface area contributed by atoms with Gasteiger partial charge in [0.15, 0.2) is 0 Å². The van der Waals surface area contributed by atoms with E-state index in [9.17, 15) is 13.2 Å². The maximum Gasteiger partial charge on any atom is 0.253 e. The summed E-state index contributed by atoms with van der Waals surface area (Å²) in [5.74, 6) is 0.993. The zero-order valence-corrected chi connectivity index (χ0v) is 15.1. The van der Waals surface area contributed by atoms with Gasteiger partial charge in [-0.15, -0.1) is 0 Å². The molecule has 0 bridgehead atoms. The first kappa shape index (κ1) is 17.0. The lowest BCUT2D eigenvalue weighted by Gasteiger charge is -2.18. The van der Waals surface area contributed by atoms with Gasteiger partial charge in [-0.1, -0.05) is 18.9 Å². The minimum absolute atomic E-state index is 0.0230. The van der Waals surface area contributed by atoms with E-state index in [2.05, 4.69) is 10.0 Å². The number of carbonyl (C=O) groups excluding carboxylic acids is 1. The highest BCUT2D eigenvalue weighted by Crippen LogP contribution is 2.28. The van der Waals surface area contributed by atoms with Crippen LogP contribution in [0.3, 0.4) is 0 Å². The van der Waals surface area contributed by atoms with Crippen molar-refractivity contribution in [1.82, 2.24) is 14.9 Å². The van der Waals surface area contributed by atoms with Gasteiger partial charge >= 0.3 is 0 Å². The first-order valence-electron chi connectivity index (χ1n) is 9.15. The summed E-state index contributed by atoms with van der Waals surface area (Å²) in [6.07, 6.45) is 3.92. The van der Waals surface area contributed by atoms with Crippen molar-refractivity contribution in [3.05, 3.63) is 29.8 Å². The summed E-state index contributed by atoms with van der Waals surface area (Å²) in [6.45, 7) is 3.45. The Morgan fingerprint density at radius 2 is 1.80 bits per heavy atom. The zero-order valence-electron chi connectivity index (χ0n) is 14.3. The largest absolute Gasteiger partial charge is 0.338 e. The predicted molar refractivity (Wildman–Crippen MR) is 94.8 cm³/mol. The van der Waals surface area contributed by atoms with Crippen molar-refractivity contribution in [3.63, 3.8) is 0 Å². The number of sulfonamides is 1. The van der Waals surface area contributed by atoms with E-state index in [1.54, 1.807) is 18.2 Å². The van der Waals surface area contributed by atoms with Gasteiger partial charge in [-0.3, -0.25) is 4.79 Å². The van der Waals surface area contributed by atoms with Crippen molar-refractivity contribution in [1.29, 1.82) is 0 Å². The number of carbonyl (C=O) groups is 1. The van der Waals surface area contributed by atoms with Crippen LogP contribution >= 0.6 is 0 Å². The molecule has 6 nitrogen and oxygen atoms in total. The Balaban J connectivity index is 1.50. The van der Waals surface area contributed by atoms with Crippen molar-refractivity contribution in [2.75, 3.05) is 26.2 Å². The number of nitrogens with zero attached hydrogens (tertiary/aromatic N) is 1. The van der Waals surface area contributed by atoms with Gasteiger partial charge in [-0.2, -0.15) is 0 Å². The Kier molecular flexibility index (Phi) is 4.56. The number of hydrogen-bond donors (Lipinski definition) is 2. The third-order valence-corrected chi connectivity index (χ3v) is 7.26. The molecule has 3 aliphatic rings. The molecule has 2 aliphatic heterocycles. The van der Waals surface area contributed by atoms with Gasteiger partial charge in [-0.25, -0.2) is 13.1 Å². The average Bonchev–Trinajstić information content (AvgIpc) is 3.30. The average molecular weight is 363 g/mol. The van der Waals surface area contributed by atoms with Crippen LogP contribution in [0.2, 0.25) is 0 Å². The Bertz CT molecular complexity index is 747. The standard InChI is InChI=1S/C18H25N3O3S/c22-18(21-11-14-9-19-10-15(14)12-21)13-4-3-7-17(8-13)25(23,24)20-16-5-1-2-6-16/h3-4,7-8,14-16,19-20H,1-2,5-6,9-12H2/t14-,15+. The van der Waals surface area contributed by atoms with E-state index in [-0.39, 0.29) is 16.8 Å². The number of nitrogens with one attached hydrogen (secondary N) is 2. The van der Waals surface area contributed by atoms with Crippen LogP contribution in [0.4, 0.5) is 0 Å². The highest BCUT2D eigenvalue weighted by Gasteiger charge is 2.38. The molecule has 7 heteroatoms. The number of fused-ring (bicyclic) bond motifs is 1. The molecule has 136 valence electrons. The number of hydrogen-bond acceptors (Lipinski definition) is 4. The molecule has 0 radical (unpaired) electrons. The summed E-state index contributed by atoms with van der Waals surface area (Å²) in [5, 5.41) is 3.36. The van der Waals surface area contributed by atoms with Gasteiger partial charge in [-0.05, 0) is 42.9 Å². The van der Waals surface area contributed by atoms with Crippen LogP contribution in [-0.4, -0.2) is 51.4 Å². The molecule has 0 aromatic heterocycles. The number of benzene rings is 1. The Morgan fingerprint density at radius 3 is 2.48 bits per heavy atom. The van der Waals surface area contributed by atoms with E-state index in [4.69, 9.17) is 0 Å². The van der Waals surface area contributed by atoms with Crippen molar-refractivity contribution >= 4 is 15.9 Å². The van der Waals surface area contributed by atoms with E-state index >= 15 is 0 Å². The minimum Gasteiger partial charge on any atom is -0.338 e. The van der Waals surface area contributed by atoms with Crippen molar-refractivity contribution in [2.24, 2.45) is 11.8 Å². The molecular weight excluding hydrogens is 338 g/mol. The first-order valence-corrected chi connectivity index (χ1v) is 10.6. The fraction of sp³-hybridized carbons (Fsp3) is 0.611. The fourth-order valence-corrected chi connectivity index (χ4v) is 5.68. The van der Waals surface area contributed by atoms with Crippen LogP contribution in [0.15, 0.2) is 29.2 Å². The molecule has 4 rings (SSSR count). The quantitative estimate of drug-likeness (QED) is 0.843. The van der Waals surface area contributed by atoms with E-state index in [1.165, 1.54) is 6.07 Å². The Labute approximate surface area is 149 Å². The van der Waals surface area contributed by atoms with Gasteiger partial charge in [0.05, 0.1) is 4.90 Å². The second-order valence-corrected chi connectivity index (χ2v) is 9.23. The summed E-state index contributed by atoms with van der Waals surface area (Å²) in [7, 11) is -3.57. The maximum absolute atomic E-state index is 12.8. The van der Waals surface area contributed by atoms with Gasteiger partial charge in [0.2, 0.25) is 10.0 Å². The van der Waals surface area contributed by atoms with Crippen molar-refractivity contribution in [2.45, 2.75) is 36.6 Å². The Morgan fingerprint density at radius 1 is 1.12 bits per heavy atom. The maximum atomic E-state index is 12.8. The lowest BCUT2D eigenvalue weighted by molar-refractivity contribution is 0.0781. The van der Waals surface area contributed by atoms with Gasteiger partial charge < -0.3 is 10.2 Å². The highest BCUT2D eigenvalue weighted by molar-refractivity contribution is 7.89. The van der Waals surface area contributed by atoms with E-state index in [0.29, 0.717) is 17.4 Å². The van der Waals surface area contributed by atoms with Crippen LogP contribution in [0.1, 0.15) is 36.0 Å². The van der Waals surface area contributed by atoms with Crippen LogP contribution in [0, 0.1) is 11.8 Å². The van der Waals surface area contributed by atoms with Crippen LogP contribution in [0.5, 0.6) is 0 Å². The van der Waals surface area contributed by atoms with Crippen LogP contribution in [-0.2, 0) is 10.0 Å². The Hall–Kier alpha value is -1.44. The lowest BCUT2D eigenvalue weighted by atomic mass is 10.0. The fourth-order valence-electron chi connectivity index (χ4n) is 4.33. The molecule has 3 fully saturated rings. The SMILES string of the molecule is O=C(c1cccc(S(=O)(=O)NC2CCCC2)c1)N1C[C@H]2CNC[C@H]2C1. The van der Waals surface area contributed by atoms with E-state index in [1.807, 2.05) is 4.90 Å². The van der Waals surface area contributed by atoms with E-state index < -0.39 is 10.0 Å². The molecule has 0 spiro atoms. The zero-order chi connectivity index (χ0) is 17.4. The highest BCUT2D eigenvalue weighted by atomic mass is 32.2. The third-order valence-electron chi connectivity index (χ3n) is 5.74. The number of amides is 1. The molecule has 1 aromatic carbocycles. The van der Waals surface area contributed by atoms with Crippen molar-refractivity contribution in [3.8, 4) is 0 Å². The molecule has 1 aromatic rings. The minimum atomic E-state index is -3.57. The summed E-state index contributed by atoms with van der Waals surface area (Å²) >= 11 is 0. The molecule has 1 aliphatic carbocycles. The molecule has 2 heterocycles. The number of likely N-dealkylation sites (tertiary alicyclic amines) is 1. The monoisotopic (exact) mass is 363 g/mol. The second kappa shape index (κ2) is 6.70.